The Hall–Kier alpha value is -1.01. The molecule has 1 unspecified atom stereocenters. The normalized spacial score (nSPS) is 13.2. The van der Waals surface area contributed by atoms with E-state index in [1.807, 2.05) is 13.8 Å². The first-order chi connectivity index (χ1) is 8.71. The maximum atomic E-state index is 13.5. The van der Waals surface area contributed by atoms with Crippen LogP contribution in [0.3, 0.4) is 0 Å². The van der Waals surface area contributed by atoms with Crippen molar-refractivity contribution < 1.29 is 14.3 Å². The first-order valence-corrected chi connectivity index (χ1v) is 6.78. The lowest BCUT2D eigenvalue weighted by molar-refractivity contribution is 0.0898. The molecule has 1 amide bonds. The van der Waals surface area contributed by atoms with Crippen LogP contribution in [-0.4, -0.2) is 28.6 Å². The maximum Gasteiger partial charge on any atom is 0.254 e. The van der Waals surface area contributed by atoms with Crippen molar-refractivity contribution in [1.82, 2.24) is 10.3 Å². The lowest BCUT2D eigenvalue weighted by Gasteiger charge is -2.26. The summed E-state index contributed by atoms with van der Waals surface area (Å²) in [5.74, 6) is -1.15. The van der Waals surface area contributed by atoms with Crippen LogP contribution in [0.25, 0.3) is 0 Å². The summed E-state index contributed by atoms with van der Waals surface area (Å²) in [7, 11) is 0. The minimum atomic E-state index is -0.658. The van der Waals surface area contributed by atoms with Crippen LogP contribution < -0.4 is 5.32 Å². The van der Waals surface area contributed by atoms with Gasteiger partial charge in [0.25, 0.3) is 5.91 Å². The molecule has 0 saturated carbocycles. The quantitative estimate of drug-likeness (QED) is 0.814. The number of carbonyl (C=O) groups is 1. The fourth-order valence-electron chi connectivity index (χ4n) is 1.87. The highest BCUT2D eigenvalue weighted by Gasteiger charge is 2.22. The zero-order valence-corrected chi connectivity index (χ0v) is 12.8. The molecule has 1 aromatic heterocycles. The van der Waals surface area contributed by atoms with Crippen LogP contribution >= 0.6 is 15.9 Å². The van der Waals surface area contributed by atoms with Gasteiger partial charge in [-0.2, -0.15) is 0 Å². The van der Waals surface area contributed by atoms with Gasteiger partial charge < -0.3 is 10.4 Å². The topological polar surface area (TPSA) is 62.2 Å². The first kappa shape index (κ1) is 16.0. The van der Waals surface area contributed by atoms with Crippen LogP contribution in [0, 0.1) is 11.2 Å². The second-order valence-electron chi connectivity index (χ2n) is 5.39. The molecule has 4 nitrogen and oxygen atoms in total. The number of hydrogen-bond acceptors (Lipinski definition) is 3. The van der Waals surface area contributed by atoms with Crippen molar-refractivity contribution in [2.75, 3.05) is 6.54 Å². The van der Waals surface area contributed by atoms with Gasteiger partial charge in [-0.3, -0.25) is 4.79 Å². The van der Waals surface area contributed by atoms with Crippen molar-refractivity contribution in [3.8, 4) is 0 Å². The predicted molar refractivity (Wildman–Crippen MR) is 74.3 cm³/mol. The number of nitrogens with one attached hydrogen (secondary N) is 1. The minimum Gasteiger partial charge on any atom is -0.393 e. The van der Waals surface area contributed by atoms with Crippen LogP contribution in [0.1, 0.15) is 37.6 Å². The molecular formula is C13H18BrFN2O2. The molecule has 0 radical (unpaired) electrons. The van der Waals surface area contributed by atoms with Crippen molar-refractivity contribution >= 4 is 21.8 Å². The summed E-state index contributed by atoms with van der Waals surface area (Å²) in [5.41, 5.74) is -0.306. The van der Waals surface area contributed by atoms with Crippen molar-refractivity contribution in [3.05, 3.63) is 28.2 Å². The molecule has 0 aromatic carbocycles. The molecule has 0 aliphatic heterocycles. The van der Waals surface area contributed by atoms with Crippen LogP contribution in [0.2, 0.25) is 0 Å². The Kier molecular flexibility index (Phi) is 5.43. The Bertz CT molecular complexity index is 464. The largest absolute Gasteiger partial charge is 0.393 e. The van der Waals surface area contributed by atoms with E-state index >= 15 is 0 Å². The van der Waals surface area contributed by atoms with Gasteiger partial charge in [0.1, 0.15) is 4.60 Å². The van der Waals surface area contributed by atoms with Crippen molar-refractivity contribution in [1.29, 1.82) is 0 Å². The van der Waals surface area contributed by atoms with Gasteiger partial charge in [0.05, 0.1) is 17.9 Å². The number of carbonyl (C=O) groups excluding carboxylic acids is 1. The van der Waals surface area contributed by atoms with Crippen molar-refractivity contribution in [2.24, 2.45) is 5.41 Å². The van der Waals surface area contributed by atoms with Gasteiger partial charge >= 0.3 is 0 Å². The SMILES string of the molecule is CC(O)CC(C)(C)CNC(=O)c1cc(Br)ncc1F. The number of amides is 1. The van der Waals surface area contributed by atoms with Crippen molar-refractivity contribution in [3.63, 3.8) is 0 Å². The molecule has 1 atom stereocenters. The van der Waals surface area contributed by atoms with Gasteiger partial charge in [-0.1, -0.05) is 13.8 Å². The number of aliphatic hydroxyl groups is 1. The summed E-state index contributed by atoms with van der Waals surface area (Å²) in [6.45, 7) is 5.91. The fourth-order valence-corrected chi connectivity index (χ4v) is 2.21. The molecule has 2 N–H and O–H groups in total. The van der Waals surface area contributed by atoms with E-state index in [0.717, 1.165) is 6.20 Å². The number of pyridine rings is 1. The Labute approximate surface area is 120 Å². The standard InChI is InChI=1S/C13H18BrFN2O2/c1-8(18)5-13(2,3)7-17-12(19)9-4-11(14)16-6-10(9)15/h4,6,8,18H,5,7H2,1-3H3,(H,17,19). The molecule has 6 heteroatoms. The van der Waals surface area contributed by atoms with E-state index in [0.29, 0.717) is 17.6 Å². The second kappa shape index (κ2) is 6.43. The molecule has 0 spiro atoms. The molecule has 0 aliphatic carbocycles. The monoisotopic (exact) mass is 332 g/mol. The molecular weight excluding hydrogens is 315 g/mol. The molecule has 1 rings (SSSR count). The summed E-state index contributed by atoms with van der Waals surface area (Å²) < 4.78 is 13.9. The number of hydrogen-bond donors (Lipinski definition) is 2. The summed E-state index contributed by atoms with van der Waals surface area (Å²) >= 11 is 3.10. The number of nitrogens with zero attached hydrogens (tertiary/aromatic N) is 1. The van der Waals surface area contributed by atoms with E-state index < -0.39 is 17.8 Å². The fraction of sp³-hybridized carbons (Fsp3) is 0.538. The first-order valence-electron chi connectivity index (χ1n) is 5.98. The highest BCUT2D eigenvalue weighted by Crippen LogP contribution is 2.21. The number of rotatable bonds is 5. The highest BCUT2D eigenvalue weighted by molar-refractivity contribution is 9.10. The minimum absolute atomic E-state index is 0.0466. The predicted octanol–water partition coefficient (Wildman–Crippen LogP) is 2.51. The van der Waals surface area contributed by atoms with E-state index in [2.05, 4.69) is 26.2 Å². The third kappa shape index (κ3) is 5.24. The lowest BCUT2D eigenvalue weighted by atomic mass is 9.87. The number of halogens is 2. The Balaban J connectivity index is 2.68. The van der Waals surface area contributed by atoms with E-state index in [-0.39, 0.29) is 11.0 Å². The molecule has 0 aliphatic rings. The average molecular weight is 333 g/mol. The molecule has 0 bridgehead atoms. The second-order valence-corrected chi connectivity index (χ2v) is 6.20. The van der Waals surface area contributed by atoms with E-state index in [1.165, 1.54) is 6.07 Å². The molecule has 19 heavy (non-hydrogen) atoms. The smallest absolute Gasteiger partial charge is 0.254 e. The average Bonchev–Trinajstić information content (AvgIpc) is 2.27. The third-order valence-electron chi connectivity index (χ3n) is 2.64. The number of aromatic nitrogens is 1. The van der Waals surface area contributed by atoms with E-state index in [1.54, 1.807) is 6.92 Å². The Morgan fingerprint density at radius 3 is 2.84 bits per heavy atom. The van der Waals surface area contributed by atoms with Gasteiger partial charge in [-0.25, -0.2) is 9.37 Å². The van der Waals surface area contributed by atoms with E-state index in [9.17, 15) is 14.3 Å². The summed E-state index contributed by atoms with van der Waals surface area (Å²) in [4.78, 5) is 15.6. The van der Waals surface area contributed by atoms with Gasteiger partial charge in [0, 0.05) is 6.54 Å². The maximum absolute atomic E-state index is 13.5. The number of aliphatic hydroxyl groups excluding tert-OH is 1. The van der Waals surface area contributed by atoms with Crippen LogP contribution in [0.5, 0.6) is 0 Å². The zero-order valence-electron chi connectivity index (χ0n) is 11.2. The van der Waals surface area contributed by atoms with Crippen LogP contribution in [-0.2, 0) is 0 Å². The Morgan fingerprint density at radius 1 is 1.63 bits per heavy atom. The van der Waals surface area contributed by atoms with Crippen LogP contribution in [0.4, 0.5) is 4.39 Å². The van der Waals surface area contributed by atoms with Crippen LogP contribution in [0.15, 0.2) is 16.9 Å². The molecule has 0 fully saturated rings. The van der Waals surface area contributed by atoms with Gasteiger partial charge in [-0.05, 0) is 40.8 Å². The zero-order chi connectivity index (χ0) is 14.6. The molecule has 106 valence electrons. The summed E-state index contributed by atoms with van der Waals surface area (Å²) in [6.07, 6.45) is 1.11. The molecule has 1 heterocycles. The molecule has 1 aromatic rings. The van der Waals surface area contributed by atoms with Gasteiger partial charge in [-0.15, -0.1) is 0 Å². The molecule has 0 saturated heterocycles. The lowest BCUT2D eigenvalue weighted by Crippen LogP contribution is -2.36. The Morgan fingerprint density at radius 2 is 2.26 bits per heavy atom. The van der Waals surface area contributed by atoms with Gasteiger partial charge in [0.2, 0.25) is 0 Å². The van der Waals surface area contributed by atoms with Crippen molar-refractivity contribution in [2.45, 2.75) is 33.3 Å². The third-order valence-corrected chi connectivity index (χ3v) is 3.08. The summed E-state index contributed by atoms with van der Waals surface area (Å²) in [5, 5.41) is 12.0. The highest BCUT2D eigenvalue weighted by atomic mass is 79.9. The van der Waals surface area contributed by atoms with Gasteiger partial charge in [0.15, 0.2) is 5.82 Å². The van der Waals surface area contributed by atoms with E-state index in [4.69, 9.17) is 0 Å². The summed E-state index contributed by atoms with van der Waals surface area (Å²) in [6, 6.07) is 1.34.